The highest BCUT2D eigenvalue weighted by Crippen LogP contribution is 2.33. The summed E-state index contributed by atoms with van der Waals surface area (Å²) in [6, 6.07) is 0. The number of carbonyl (C=O) groups is 1. The number of amides is 1. The van der Waals surface area contributed by atoms with E-state index in [4.69, 9.17) is 0 Å². The van der Waals surface area contributed by atoms with Gasteiger partial charge in [0.2, 0.25) is 5.91 Å². The maximum atomic E-state index is 13.2. The van der Waals surface area contributed by atoms with E-state index >= 15 is 0 Å². The third-order valence-corrected chi connectivity index (χ3v) is 6.25. The van der Waals surface area contributed by atoms with Crippen LogP contribution in [0.25, 0.3) is 0 Å². The largest absolute Gasteiger partial charge is 0.384 e. The van der Waals surface area contributed by atoms with Crippen LogP contribution in [0, 0.1) is 11.3 Å². The number of carbonyl (C=O) groups excluding carboxylic acids is 1. The molecule has 2 aliphatic heterocycles. The molecule has 0 bridgehead atoms. The first-order valence-electron chi connectivity index (χ1n) is 10.4. The Morgan fingerprint density at radius 3 is 2.63 bits per heavy atom. The number of aromatic nitrogens is 3. The van der Waals surface area contributed by atoms with Crippen LogP contribution in [-0.4, -0.2) is 68.5 Å². The molecule has 0 aliphatic carbocycles. The van der Waals surface area contributed by atoms with Gasteiger partial charge < -0.3 is 14.9 Å². The van der Waals surface area contributed by atoms with Gasteiger partial charge in [-0.05, 0) is 65.5 Å². The molecule has 1 N–H and O–H groups in total. The fraction of sp³-hybridized carbons (Fsp3) is 0.850. The van der Waals surface area contributed by atoms with Crippen LogP contribution in [0.5, 0.6) is 0 Å². The highest BCUT2D eigenvalue weighted by molar-refractivity contribution is 5.82. The maximum Gasteiger partial charge on any atom is 0.229 e. The van der Waals surface area contributed by atoms with E-state index in [9.17, 15) is 9.90 Å². The number of hydrogen-bond donors (Lipinski definition) is 1. The standard InChI is InChI=1S/C20H35N5O2/c1-5-23-10-6-9-20(4,15-23)18(26)24-11-7-16(8-12-24)13-25-14-17(21-22-25)19(2,3)27/h14,16,27H,5-13,15H2,1-4H3/t20-/m0/s1. The van der Waals surface area contributed by atoms with Crippen LogP contribution in [0.1, 0.15) is 59.1 Å². The molecular formula is C20H35N5O2. The number of piperidine rings is 2. The molecule has 2 fully saturated rings. The molecule has 7 nitrogen and oxygen atoms in total. The van der Waals surface area contributed by atoms with Crippen molar-refractivity contribution in [3.63, 3.8) is 0 Å². The first-order chi connectivity index (χ1) is 12.7. The molecule has 0 unspecified atom stereocenters. The number of likely N-dealkylation sites (tertiary alicyclic amines) is 2. The highest BCUT2D eigenvalue weighted by atomic mass is 16.3. The van der Waals surface area contributed by atoms with Crippen LogP contribution in [0.15, 0.2) is 6.20 Å². The third-order valence-electron chi connectivity index (χ3n) is 6.25. The average molecular weight is 378 g/mol. The van der Waals surface area contributed by atoms with Crippen LogP contribution in [0.4, 0.5) is 0 Å². The van der Waals surface area contributed by atoms with Gasteiger partial charge in [0.15, 0.2) is 0 Å². The normalized spacial score (nSPS) is 25.7. The minimum atomic E-state index is -0.962. The number of hydrogen-bond acceptors (Lipinski definition) is 5. The molecule has 0 spiro atoms. The van der Waals surface area contributed by atoms with Crippen molar-refractivity contribution in [3.05, 3.63) is 11.9 Å². The zero-order chi connectivity index (χ0) is 19.7. The van der Waals surface area contributed by atoms with Crippen molar-refractivity contribution in [1.29, 1.82) is 0 Å². The molecule has 3 rings (SSSR count). The molecule has 1 atom stereocenters. The first-order valence-corrected chi connectivity index (χ1v) is 10.4. The van der Waals surface area contributed by atoms with Gasteiger partial charge in [-0.15, -0.1) is 5.10 Å². The van der Waals surface area contributed by atoms with Crippen LogP contribution in [0.2, 0.25) is 0 Å². The summed E-state index contributed by atoms with van der Waals surface area (Å²) in [5.41, 5.74) is -0.592. The predicted octanol–water partition coefficient (Wildman–Crippen LogP) is 1.87. The molecule has 2 aliphatic rings. The van der Waals surface area contributed by atoms with E-state index in [-0.39, 0.29) is 5.41 Å². The monoisotopic (exact) mass is 377 g/mol. The van der Waals surface area contributed by atoms with E-state index < -0.39 is 5.60 Å². The van der Waals surface area contributed by atoms with Gasteiger partial charge in [0.05, 0.1) is 11.6 Å². The van der Waals surface area contributed by atoms with Crippen molar-refractivity contribution in [2.75, 3.05) is 32.7 Å². The van der Waals surface area contributed by atoms with Gasteiger partial charge in [0.1, 0.15) is 11.3 Å². The Morgan fingerprint density at radius 1 is 1.33 bits per heavy atom. The molecule has 2 saturated heterocycles. The Balaban J connectivity index is 1.52. The fourth-order valence-electron chi connectivity index (χ4n) is 4.42. The fourth-order valence-corrected chi connectivity index (χ4v) is 4.42. The summed E-state index contributed by atoms with van der Waals surface area (Å²) in [5, 5.41) is 18.3. The molecule has 1 amide bonds. The number of nitrogens with zero attached hydrogens (tertiary/aromatic N) is 5. The summed E-state index contributed by atoms with van der Waals surface area (Å²) in [6.07, 6.45) is 5.94. The topological polar surface area (TPSA) is 74.5 Å². The van der Waals surface area contributed by atoms with Crippen LogP contribution >= 0.6 is 0 Å². The Kier molecular flexibility index (Phi) is 5.91. The highest BCUT2D eigenvalue weighted by Gasteiger charge is 2.40. The van der Waals surface area contributed by atoms with Gasteiger partial charge in [-0.2, -0.15) is 0 Å². The SMILES string of the molecule is CCN1CCC[C@](C)(C(=O)N2CCC(Cn3cc(C(C)(C)O)nn3)CC2)C1. The van der Waals surface area contributed by atoms with Gasteiger partial charge in [0, 0.05) is 26.2 Å². The summed E-state index contributed by atoms with van der Waals surface area (Å²) < 4.78 is 1.83. The minimum Gasteiger partial charge on any atom is -0.384 e. The second kappa shape index (κ2) is 7.87. The third kappa shape index (κ3) is 4.69. The van der Waals surface area contributed by atoms with Crippen LogP contribution in [0.3, 0.4) is 0 Å². The molecule has 1 aromatic heterocycles. The molecule has 27 heavy (non-hydrogen) atoms. The molecule has 0 radical (unpaired) electrons. The van der Waals surface area contributed by atoms with E-state index in [0.717, 1.165) is 65.0 Å². The van der Waals surface area contributed by atoms with E-state index in [1.165, 1.54) is 0 Å². The van der Waals surface area contributed by atoms with Crippen molar-refractivity contribution in [2.24, 2.45) is 11.3 Å². The molecule has 152 valence electrons. The summed E-state index contributed by atoms with van der Waals surface area (Å²) in [6.45, 7) is 13.3. The smallest absolute Gasteiger partial charge is 0.229 e. The zero-order valence-corrected chi connectivity index (χ0v) is 17.3. The lowest BCUT2D eigenvalue weighted by Gasteiger charge is -2.43. The zero-order valence-electron chi connectivity index (χ0n) is 17.3. The lowest BCUT2D eigenvalue weighted by Crippen LogP contribution is -2.53. The van der Waals surface area contributed by atoms with Crippen molar-refractivity contribution >= 4 is 5.91 Å². The van der Waals surface area contributed by atoms with Crippen LogP contribution in [-0.2, 0) is 16.9 Å². The molecule has 3 heterocycles. The average Bonchev–Trinajstić information content (AvgIpc) is 3.11. The summed E-state index contributed by atoms with van der Waals surface area (Å²) in [4.78, 5) is 17.6. The van der Waals surface area contributed by atoms with E-state index in [0.29, 0.717) is 17.5 Å². The van der Waals surface area contributed by atoms with Crippen molar-refractivity contribution in [1.82, 2.24) is 24.8 Å². The maximum absolute atomic E-state index is 13.2. The predicted molar refractivity (Wildman–Crippen MR) is 104 cm³/mol. The van der Waals surface area contributed by atoms with Crippen molar-refractivity contribution in [3.8, 4) is 0 Å². The Labute approximate surface area is 162 Å². The Hall–Kier alpha value is -1.47. The minimum absolute atomic E-state index is 0.228. The second-order valence-electron chi connectivity index (χ2n) is 9.15. The van der Waals surface area contributed by atoms with Gasteiger partial charge in [-0.25, -0.2) is 0 Å². The van der Waals surface area contributed by atoms with Crippen molar-refractivity contribution in [2.45, 2.75) is 65.5 Å². The van der Waals surface area contributed by atoms with E-state index in [1.54, 1.807) is 13.8 Å². The number of aliphatic hydroxyl groups is 1. The summed E-state index contributed by atoms with van der Waals surface area (Å²) in [7, 11) is 0. The van der Waals surface area contributed by atoms with Crippen molar-refractivity contribution < 1.29 is 9.90 Å². The number of rotatable bonds is 5. The van der Waals surface area contributed by atoms with Gasteiger partial charge in [0.25, 0.3) is 0 Å². The van der Waals surface area contributed by atoms with E-state index in [2.05, 4.69) is 34.0 Å². The summed E-state index contributed by atoms with van der Waals surface area (Å²) >= 11 is 0. The first kappa shape index (κ1) is 20.3. The van der Waals surface area contributed by atoms with Gasteiger partial charge in [-0.1, -0.05) is 12.1 Å². The second-order valence-corrected chi connectivity index (χ2v) is 9.15. The quantitative estimate of drug-likeness (QED) is 0.848. The molecule has 0 aromatic carbocycles. The Bertz CT molecular complexity index is 645. The van der Waals surface area contributed by atoms with Crippen LogP contribution < -0.4 is 0 Å². The lowest BCUT2D eigenvalue weighted by atomic mass is 9.79. The molecular weight excluding hydrogens is 342 g/mol. The van der Waals surface area contributed by atoms with Gasteiger partial charge >= 0.3 is 0 Å². The van der Waals surface area contributed by atoms with Gasteiger partial charge in [-0.3, -0.25) is 9.48 Å². The molecule has 7 heteroatoms. The molecule has 0 saturated carbocycles. The molecule has 1 aromatic rings. The summed E-state index contributed by atoms with van der Waals surface area (Å²) in [5.74, 6) is 0.834. The Morgan fingerprint density at radius 2 is 2.04 bits per heavy atom. The lowest BCUT2D eigenvalue weighted by molar-refractivity contribution is -0.146. The van der Waals surface area contributed by atoms with E-state index in [1.807, 2.05) is 10.9 Å².